The van der Waals surface area contributed by atoms with Crippen LogP contribution in [0.25, 0.3) is 0 Å². The third kappa shape index (κ3) is 4.32. The predicted octanol–water partition coefficient (Wildman–Crippen LogP) is 2.45. The number of rotatable bonds is 4. The summed E-state index contributed by atoms with van der Waals surface area (Å²) in [6.45, 7) is 1.26. The van der Waals surface area contributed by atoms with Crippen molar-refractivity contribution in [1.29, 1.82) is 0 Å². The molecule has 1 aromatic carbocycles. The third-order valence-corrected chi connectivity index (χ3v) is 5.10. The quantitative estimate of drug-likeness (QED) is 0.849. The Kier molecular flexibility index (Phi) is 5.01. The maximum absolute atomic E-state index is 12.8. The largest absolute Gasteiger partial charge is 0.338 e. The molecule has 1 aromatic heterocycles. The maximum atomic E-state index is 12.8. The highest BCUT2D eigenvalue weighted by molar-refractivity contribution is 7.92. The van der Waals surface area contributed by atoms with Gasteiger partial charge in [-0.15, -0.1) is 0 Å². The van der Waals surface area contributed by atoms with E-state index in [0.29, 0.717) is 18.7 Å². The van der Waals surface area contributed by atoms with Crippen LogP contribution < -0.4 is 4.72 Å². The van der Waals surface area contributed by atoms with Crippen LogP contribution in [0, 0.1) is 0 Å². The molecule has 0 aliphatic carbocycles. The van der Waals surface area contributed by atoms with E-state index in [4.69, 9.17) is 11.6 Å². The van der Waals surface area contributed by atoms with Crippen molar-refractivity contribution in [1.82, 2.24) is 15.1 Å². The molecule has 0 spiro atoms. The summed E-state index contributed by atoms with van der Waals surface area (Å²) in [5.74, 6) is 0.0820. The molecule has 1 atom stereocenters. The highest BCUT2D eigenvalue weighted by Gasteiger charge is 2.26. The van der Waals surface area contributed by atoms with Gasteiger partial charge in [-0.25, -0.2) is 8.42 Å². The number of hydrogen-bond acceptors (Lipinski definition) is 4. The Labute approximate surface area is 151 Å². The minimum absolute atomic E-state index is 0.141. The van der Waals surface area contributed by atoms with Crippen LogP contribution in [0.3, 0.4) is 0 Å². The lowest BCUT2D eigenvalue weighted by Gasteiger charge is -2.32. The van der Waals surface area contributed by atoms with Crippen LogP contribution in [0.2, 0.25) is 5.02 Å². The first-order chi connectivity index (χ1) is 11.8. The van der Waals surface area contributed by atoms with Gasteiger partial charge in [0.2, 0.25) is 10.0 Å². The molecule has 7 nitrogen and oxygen atoms in total. The summed E-state index contributed by atoms with van der Waals surface area (Å²) in [7, 11) is -3.48. The number of anilines is 1. The van der Waals surface area contributed by atoms with E-state index in [1.807, 2.05) is 6.07 Å². The molecule has 1 aliphatic heterocycles. The smallest absolute Gasteiger partial charge is 0.253 e. The average molecular weight is 383 g/mol. The monoisotopic (exact) mass is 382 g/mol. The Hall–Kier alpha value is -2.06. The predicted molar refractivity (Wildman–Crippen MR) is 96.4 cm³/mol. The van der Waals surface area contributed by atoms with E-state index < -0.39 is 10.0 Å². The van der Waals surface area contributed by atoms with Crippen molar-refractivity contribution in [3.8, 4) is 0 Å². The zero-order chi connectivity index (χ0) is 18.0. The molecule has 3 rings (SSSR count). The second-order valence-electron chi connectivity index (χ2n) is 6.17. The van der Waals surface area contributed by atoms with Crippen molar-refractivity contribution in [2.24, 2.45) is 0 Å². The first-order valence-corrected chi connectivity index (χ1v) is 10.2. The second-order valence-corrected chi connectivity index (χ2v) is 8.33. The van der Waals surface area contributed by atoms with Crippen LogP contribution in [-0.2, 0) is 10.0 Å². The minimum atomic E-state index is -3.48. The molecule has 1 unspecified atom stereocenters. The molecular weight excluding hydrogens is 364 g/mol. The molecule has 0 bridgehead atoms. The zero-order valence-electron chi connectivity index (χ0n) is 13.7. The molecule has 0 radical (unpaired) electrons. The number of nitrogens with one attached hydrogen (secondary N) is 2. The first-order valence-electron chi connectivity index (χ1n) is 7.89. The second kappa shape index (κ2) is 7.05. The molecule has 134 valence electrons. The molecule has 0 saturated carbocycles. The van der Waals surface area contributed by atoms with E-state index in [-0.39, 0.29) is 22.5 Å². The number of sulfonamides is 1. The van der Waals surface area contributed by atoms with Crippen molar-refractivity contribution < 1.29 is 13.2 Å². The third-order valence-electron chi connectivity index (χ3n) is 4.18. The topological polar surface area (TPSA) is 95.2 Å². The van der Waals surface area contributed by atoms with Crippen molar-refractivity contribution in [2.75, 3.05) is 24.1 Å². The summed E-state index contributed by atoms with van der Waals surface area (Å²) in [5.41, 5.74) is 1.63. The molecule has 1 amide bonds. The van der Waals surface area contributed by atoms with Crippen LogP contribution in [-0.4, -0.2) is 48.8 Å². The molecule has 25 heavy (non-hydrogen) atoms. The number of H-pyrrole nitrogens is 1. The van der Waals surface area contributed by atoms with Gasteiger partial charge < -0.3 is 4.90 Å². The van der Waals surface area contributed by atoms with E-state index in [1.165, 1.54) is 12.1 Å². The molecule has 2 aromatic rings. The number of aromatic amines is 1. The lowest BCUT2D eigenvalue weighted by molar-refractivity contribution is 0.0706. The lowest BCUT2D eigenvalue weighted by Crippen LogP contribution is -2.39. The summed E-state index contributed by atoms with van der Waals surface area (Å²) >= 11 is 6.02. The summed E-state index contributed by atoms with van der Waals surface area (Å²) in [6.07, 6.45) is 4.64. The van der Waals surface area contributed by atoms with E-state index in [0.717, 1.165) is 24.8 Å². The van der Waals surface area contributed by atoms with Crippen LogP contribution in [0.4, 0.5) is 5.69 Å². The average Bonchev–Trinajstić information content (AvgIpc) is 3.10. The number of hydrogen-bond donors (Lipinski definition) is 2. The molecular formula is C16H19ClN4O3S. The van der Waals surface area contributed by atoms with Gasteiger partial charge >= 0.3 is 0 Å². The van der Waals surface area contributed by atoms with E-state index in [2.05, 4.69) is 14.9 Å². The molecule has 1 fully saturated rings. The molecule has 2 heterocycles. The van der Waals surface area contributed by atoms with Gasteiger partial charge in [0.1, 0.15) is 0 Å². The van der Waals surface area contributed by atoms with Gasteiger partial charge in [-0.2, -0.15) is 5.10 Å². The Morgan fingerprint density at radius 2 is 2.20 bits per heavy atom. The van der Waals surface area contributed by atoms with Gasteiger partial charge in [0.05, 0.1) is 17.0 Å². The van der Waals surface area contributed by atoms with Crippen molar-refractivity contribution in [3.05, 3.63) is 46.7 Å². The molecule has 1 saturated heterocycles. The van der Waals surface area contributed by atoms with Gasteiger partial charge in [-0.05, 0) is 37.1 Å². The molecule has 2 N–H and O–H groups in total. The fraction of sp³-hybridized carbons (Fsp3) is 0.375. The number of carbonyl (C=O) groups is 1. The number of benzene rings is 1. The lowest BCUT2D eigenvalue weighted by atomic mass is 9.94. The Balaban J connectivity index is 1.79. The minimum Gasteiger partial charge on any atom is -0.338 e. The Bertz CT molecular complexity index is 868. The number of halogens is 1. The van der Waals surface area contributed by atoms with Crippen LogP contribution in [0.15, 0.2) is 30.5 Å². The summed E-state index contributed by atoms with van der Waals surface area (Å²) in [5, 5.41) is 7.19. The summed E-state index contributed by atoms with van der Waals surface area (Å²) in [6, 6.07) is 6.54. The van der Waals surface area contributed by atoms with Gasteiger partial charge in [-0.3, -0.25) is 14.6 Å². The van der Waals surface area contributed by atoms with Gasteiger partial charge in [0.15, 0.2) is 0 Å². The van der Waals surface area contributed by atoms with E-state index in [9.17, 15) is 13.2 Å². The number of amides is 1. The number of likely N-dealkylation sites (tertiary alicyclic amines) is 1. The van der Waals surface area contributed by atoms with E-state index in [1.54, 1.807) is 17.2 Å². The van der Waals surface area contributed by atoms with Gasteiger partial charge in [0.25, 0.3) is 5.91 Å². The Morgan fingerprint density at radius 3 is 2.88 bits per heavy atom. The normalized spacial score (nSPS) is 18.2. The first kappa shape index (κ1) is 17.8. The van der Waals surface area contributed by atoms with E-state index >= 15 is 0 Å². The zero-order valence-corrected chi connectivity index (χ0v) is 15.3. The Morgan fingerprint density at radius 1 is 1.40 bits per heavy atom. The number of nitrogens with zero attached hydrogens (tertiary/aromatic N) is 2. The number of carbonyl (C=O) groups excluding carboxylic acids is 1. The summed E-state index contributed by atoms with van der Waals surface area (Å²) < 4.78 is 25.2. The SMILES string of the molecule is CS(=O)(=O)Nc1cc(C(=O)N2CCCC(c3ccn[nH]3)C2)ccc1Cl. The molecule has 1 aliphatic rings. The van der Waals surface area contributed by atoms with Crippen molar-refractivity contribution in [2.45, 2.75) is 18.8 Å². The van der Waals surface area contributed by atoms with Crippen molar-refractivity contribution in [3.63, 3.8) is 0 Å². The number of aromatic nitrogens is 2. The van der Waals surface area contributed by atoms with Gasteiger partial charge in [0, 0.05) is 36.5 Å². The van der Waals surface area contributed by atoms with Crippen LogP contribution >= 0.6 is 11.6 Å². The summed E-state index contributed by atoms with van der Waals surface area (Å²) in [4.78, 5) is 14.6. The maximum Gasteiger partial charge on any atom is 0.253 e. The molecule has 9 heteroatoms. The standard InChI is InChI=1S/C16H19ClN4O3S/c1-25(23,24)20-15-9-11(4-5-13(15)17)16(22)21-8-2-3-12(10-21)14-6-7-18-19-14/h4-7,9,12,20H,2-3,8,10H2,1H3,(H,18,19). The fourth-order valence-corrected chi connectivity index (χ4v) is 3.82. The highest BCUT2D eigenvalue weighted by Crippen LogP contribution is 2.28. The van der Waals surface area contributed by atoms with Gasteiger partial charge in [-0.1, -0.05) is 11.6 Å². The fourth-order valence-electron chi connectivity index (χ4n) is 3.03. The number of piperidine rings is 1. The van der Waals surface area contributed by atoms with Crippen molar-refractivity contribution >= 4 is 33.2 Å². The van der Waals surface area contributed by atoms with Crippen LogP contribution in [0.5, 0.6) is 0 Å². The van der Waals surface area contributed by atoms with Crippen LogP contribution in [0.1, 0.15) is 34.8 Å². The highest BCUT2D eigenvalue weighted by atomic mass is 35.5.